The summed E-state index contributed by atoms with van der Waals surface area (Å²) in [6.45, 7) is 7.44. The van der Waals surface area contributed by atoms with Gasteiger partial charge in [-0.3, -0.25) is 14.4 Å². The number of carbonyl (C=O) groups excluding carboxylic acids is 1. The van der Waals surface area contributed by atoms with Gasteiger partial charge in [0.1, 0.15) is 23.5 Å². The molecule has 1 saturated heterocycles. The lowest BCUT2D eigenvalue weighted by molar-refractivity contribution is -0.139. The number of carboxylic acids is 1. The number of piperidine rings is 1. The SMILES string of the molecule is C#Cc1cc(-c2c(C)cc(F)cc2C)c(F)c([C@@H](CC(=O)O)NC(=O)[C@H](CC(C)C)n2cc(C3CCN(C)CC3)c(C(F)(F)F)cc2=O)c1F. The number of aryl methyl sites for hydroxylation is 2. The van der Waals surface area contributed by atoms with Crippen molar-refractivity contribution >= 4 is 11.9 Å². The number of halogens is 6. The number of nitrogens with zero attached hydrogens (tertiary/aromatic N) is 2. The molecule has 0 spiro atoms. The molecule has 0 radical (unpaired) electrons. The fraction of sp³-hybridized carbons (Fsp3) is 0.432. The Hall–Kier alpha value is -4.57. The molecule has 2 heterocycles. The zero-order valence-corrected chi connectivity index (χ0v) is 28.4. The van der Waals surface area contributed by atoms with Crippen LogP contribution < -0.4 is 10.9 Å². The van der Waals surface area contributed by atoms with Gasteiger partial charge in [0.25, 0.3) is 5.56 Å². The summed E-state index contributed by atoms with van der Waals surface area (Å²) < 4.78 is 90.0. The van der Waals surface area contributed by atoms with Gasteiger partial charge >= 0.3 is 12.1 Å². The zero-order valence-electron chi connectivity index (χ0n) is 28.4. The van der Waals surface area contributed by atoms with E-state index in [4.69, 9.17) is 6.42 Å². The minimum absolute atomic E-state index is 0.0850. The van der Waals surface area contributed by atoms with Crippen LogP contribution in [0, 0.1) is 49.6 Å². The van der Waals surface area contributed by atoms with E-state index in [1.807, 2.05) is 11.9 Å². The van der Waals surface area contributed by atoms with Crippen molar-refractivity contribution in [2.45, 2.75) is 77.6 Å². The number of carbonyl (C=O) groups is 2. The van der Waals surface area contributed by atoms with Crippen molar-refractivity contribution in [1.29, 1.82) is 0 Å². The largest absolute Gasteiger partial charge is 0.481 e. The number of benzene rings is 2. The molecule has 1 fully saturated rings. The molecule has 0 bridgehead atoms. The van der Waals surface area contributed by atoms with Gasteiger partial charge in [0, 0.05) is 23.4 Å². The van der Waals surface area contributed by atoms with Crippen molar-refractivity contribution in [1.82, 2.24) is 14.8 Å². The quantitative estimate of drug-likeness (QED) is 0.171. The summed E-state index contributed by atoms with van der Waals surface area (Å²) in [4.78, 5) is 41.4. The predicted octanol–water partition coefficient (Wildman–Crippen LogP) is 7.28. The van der Waals surface area contributed by atoms with Gasteiger partial charge in [-0.15, -0.1) is 6.42 Å². The summed E-state index contributed by atoms with van der Waals surface area (Å²) in [5, 5.41) is 12.2. The zero-order chi connectivity index (χ0) is 37.2. The van der Waals surface area contributed by atoms with Crippen LogP contribution in [0.4, 0.5) is 26.3 Å². The fourth-order valence-corrected chi connectivity index (χ4v) is 6.75. The highest BCUT2D eigenvalue weighted by Crippen LogP contribution is 2.40. The van der Waals surface area contributed by atoms with Crippen molar-refractivity contribution in [3.63, 3.8) is 0 Å². The normalized spacial score (nSPS) is 15.5. The first-order valence-electron chi connectivity index (χ1n) is 16.1. The molecule has 13 heteroatoms. The molecule has 7 nitrogen and oxygen atoms in total. The third kappa shape index (κ3) is 8.24. The van der Waals surface area contributed by atoms with Crippen molar-refractivity contribution in [2.24, 2.45) is 5.92 Å². The lowest BCUT2D eigenvalue weighted by atomic mass is 9.87. The van der Waals surface area contributed by atoms with Crippen LogP contribution in [0.1, 0.15) is 90.9 Å². The Morgan fingerprint density at radius 3 is 2.16 bits per heavy atom. The van der Waals surface area contributed by atoms with Crippen LogP contribution in [-0.2, 0) is 15.8 Å². The van der Waals surface area contributed by atoms with Crippen LogP contribution in [0.15, 0.2) is 35.3 Å². The molecule has 4 rings (SSSR count). The standard InChI is InChI=1S/C37H39F6N3O4/c1-7-22-15-25(32-20(4)13-24(38)14-21(32)5)35(40)33(34(22)39)28(17-31(48)49)44-36(50)29(12-19(2)3)46-18-26(23-8-10-45(6)11-9-23)27(16-30(46)47)37(41,42)43/h1,13-16,18-19,23,28-29H,8-12,17H2,2-6H3,(H,44,50)(H,48,49)/t28-,29+/m1/s1. The molecule has 0 aliphatic carbocycles. The van der Waals surface area contributed by atoms with E-state index >= 15 is 8.78 Å². The molecule has 2 N–H and O–H groups in total. The van der Waals surface area contributed by atoms with Crippen LogP contribution in [0.2, 0.25) is 0 Å². The Morgan fingerprint density at radius 2 is 1.64 bits per heavy atom. The number of hydrogen-bond acceptors (Lipinski definition) is 4. The van der Waals surface area contributed by atoms with Crippen molar-refractivity contribution in [3.05, 3.63) is 91.6 Å². The van der Waals surface area contributed by atoms with Gasteiger partial charge in [-0.05, 0) is 106 Å². The Bertz CT molecular complexity index is 1860. The minimum atomic E-state index is -4.85. The Morgan fingerprint density at radius 1 is 1.04 bits per heavy atom. The summed E-state index contributed by atoms with van der Waals surface area (Å²) in [7, 11) is 1.84. The van der Waals surface area contributed by atoms with Gasteiger partial charge in [-0.25, -0.2) is 13.2 Å². The molecule has 1 aliphatic heterocycles. The van der Waals surface area contributed by atoms with E-state index in [1.54, 1.807) is 13.8 Å². The lowest BCUT2D eigenvalue weighted by Crippen LogP contribution is -2.41. The number of hydrogen-bond donors (Lipinski definition) is 2. The second-order valence-corrected chi connectivity index (χ2v) is 13.3. The van der Waals surface area contributed by atoms with E-state index in [0.29, 0.717) is 32.0 Å². The van der Waals surface area contributed by atoms with E-state index in [1.165, 1.54) is 13.8 Å². The number of likely N-dealkylation sites (tertiary alicyclic amines) is 1. The summed E-state index contributed by atoms with van der Waals surface area (Å²) in [5.74, 6) is -4.51. The van der Waals surface area contributed by atoms with Gasteiger partial charge in [-0.1, -0.05) is 19.8 Å². The number of terminal acetylenes is 1. The first-order chi connectivity index (χ1) is 23.3. The van der Waals surface area contributed by atoms with Crippen LogP contribution >= 0.6 is 0 Å². The van der Waals surface area contributed by atoms with Gasteiger partial charge in [0.15, 0.2) is 0 Å². The molecule has 1 aromatic heterocycles. The number of nitrogens with one attached hydrogen (secondary N) is 1. The fourth-order valence-electron chi connectivity index (χ4n) is 6.75. The highest BCUT2D eigenvalue weighted by Gasteiger charge is 2.39. The maximum atomic E-state index is 16.5. The molecular formula is C37H39F6N3O4. The van der Waals surface area contributed by atoms with Crippen LogP contribution in [-0.4, -0.2) is 46.6 Å². The third-order valence-corrected chi connectivity index (χ3v) is 9.11. The number of aliphatic carboxylic acids is 1. The number of rotatable bonds is 10. The first-order valence-corrected chi connectivity index (χ1v) is 16.1. The molecule has 2 atom stereocenters. The van der Waals surface area contributed by atoms with Gasteiger partial charge < -0.3 is 19.9 Å². The van der Waals surface area contributed by atoms with E-state index in [0.717, 1.165) is 29.0 Å². The maximum Gasteiger partial charge on any atom is 0.416 e. The minimum Gasteiger partial charge on any atom is -0.481 e. The third-order valence-electron chi connectivity index (χ3n) is 9.11. The molecule has 1 amide bonds. The summed E-state index contributed by atoms with van der Waals surface area (Å²) in [5.41, 5.74) is -3.22. The lowest BCUT2D eigenvalue weighted by Gasteiger charge is -2.32. The van der Waals surface area contributed by atoms with E-state index in [-0.39, 0.29) is 40.2 Å². The Labute approximate surface area is 286 Å². The first kappa shape index (κ1) is 38.2. The number of aromatic nitrogens is 1. The average molecular weight is 704 g/mol. The maximum absolute atomic E-state index is 16.5. The highest BCUT2D eigenvalue weighted by molar-refractivity contribution is 5.82. The highest BCUT2D eigenvalue weighted by atomic mass is 19.4. The Kier molecular flexibility index (Phi) is 11.6. The van der Waals surface area contributed by atoms with Crippen LogP contribution in [0.3, 0.4) is 0 Å². The molecular weight excluding hydrogens is 664 g/mol. The second kappa shape index (κ2) is 15.1. The van der Waals surface area contributed by atoms with Gasteiger partial charge in [0.2, 0.25) is 5.91 Å². The Balaban J connectivity index is 1.88. The van der Waals surface area contributed by atoms with Crippen molar-refractivity contribution in [2.75, 3.05) is 20.1 Å². The molecule has 50 heavy (non-hydrogen) atoms. The molecule has 3 aromatic rings. The second-order valence-electron chi connectivity index (χ2n) is 13.3. The van der Waals surface area contributed by atoms with E-state index in [2.05, 4.69) is 11.2 Å². The molecule has 1 aliphatic rings. The summed E-state index contributed by atoms with van der Waals surface area (Å²) >= 11 is 0. The molecule has 268 valence electrons. The van der Waals surface area contributed by atoms with Gasteiger partial charge in [0.05, 0.1) is 23.6 Å². The smallest absolute Gasteiger partial charge is 0.416 e. The number of alkyl halides is 3. The average Bonchev–Trinajstić information content (AvgIpc) is 3.00. The monoisotopic (exact) mass is 703 g/mol. The topological polar surface area (TPSA) is 91.6 Å². The number of carboxylic acid groups (broad SMARTS) is 1. The molecule has 2 aromatic carbocycles. The predicted molar refractivity (Wildman–Crippen MR) is 176 cm³/mol. The van der Waals surface area contributed by atoms with Crippen molar-refractivity contribution in [3.8, 4) is 23.5 Å². The van der Waals surface area contributed by atoms with Crippen molar-refractivity contribution < 1.29 is 41.0 Å². The van der Waals surface area contributed by atoms with E-state index < -0.39 is 82.2 Å². The van der Waals surface area contributed by atoms with Crippen LogP contribution in [0.25, 0.3) is 11.1 Å². The molecule has 0 unspecified atom stereocenters. The van der Waals surface area contributed by atoms with Gasteiger partial charge in [-0.2, -0.15) is 13.2 Å². The number of amides is 1. The summed E-state index contributed by atoms with van der Waals surface area (Å²) in [6.07, 6.45) is 1.37. The van der Waals surface area contributed by atoms with Crippen LogP contribution in [0.5, 0.6) is 0 Å². The molecule has 0 saturated carbocycles. The van der Waals surface area contributed by atoms with E-state index in [9.17, 15) is 37.1 Å². The number of pyridine rings is 1. The summed E-state index contributed by atoms with van der Waals surface area (Å²) in [6, 6.07) is 0.410.